The van der Waals surface area contributed by atoms with Crippen LogP contribution in [0.4, 0.5) is 0 Å². The second-order valence-corrected chi connectivity index (χ2v) is 5.31. The van der Waals surface area contributed by atoms with Crippen LogP contribution in [0.15, 0.2) is 35.7 Å². The lowest BCUT2D eigenvalue weighted by Gasteiger charge is -1.93. The zero-order chi connectivity index (χ0) is 12.6. The van der Waals surface area contributed by atoms with Gasteiger partial charge in [0.25, 0.3) is 0 Å². The van der Waals surface area contributed by atoms with Gasteiger partial charge in [0.2, 0.25) is 0 Å². The van der Waals surface area contributed by atoms with Gasteiger partial charge >= 0.3 is 0 Å². The van der Waals surface area contributed by atoms with E-state index in [1.165, 1.54) is 29.8 Å². The first-order valence-electron chi connectivity index (χ1n) is 6.56. The molecular weight excluding hydrogens is 238 g/mol. The van der Waals surface area contributed by atoms with E-state index >= 15 is 0 Å². The summed E-state index contributed by atoms with van der Waals surface area (Å²) in [6.45, 7) is 2.23. The molecule has 0 atom stereocenters. The molecule has 2 aromatic rings. The molecule has 1 aromatic heterocycles. The number of thiazole rings is 1. The molecule has 1 heterocycles. The van der Waals surface area contributed by atoms with Gasteiger partial charge in [-0.2, -0.15) is 0 Å². The lowest BCUT2D eigenvalue weighted by molar-refractivity contribution is 0.714. The van der Waals surface area contributed by atoms with Gasteiger partial charge in [0.15, 0.2) is 0 Å². The maximum atomic E-state index is 4.63. The molecule has 0 unspecified atom stereocenters. The maximum absolute atomic E-state index is 4.63. The molecule has 0 amide bonds. The van der Waals surface area contributed by atoms with Crippen LogP contribution in [0.1, 0.15) is 42.5 Å². The fraction of sp³-hybridized carbons (Fsp3) is 0.312. The van der Waals surface area contributed by atoms with Crippen molar-refractivity contribution in [3.63, 3.8) is 0 Å². The molecule has 1 aromatic carbocycles. The van der Waals surface area contributed by atoms with Crippen molar-refractivity contribution in [2.45, 2.75) is 32.6 Å². The summed E-state index contributed by atoms with van der Waals surface area (Å²) in [5.41, 5.74) is 2.30. The maximum Gasteiger partial charge on any atom is 0.0932 e. The second kappa shape index (κ2) is 7.12. The third-order valence-corrected chi connectivity index (χ3v) is 3.74. The number of rotatable bonds is 6. The van der Waals surface area contributed by atoms with E-state index in [0.717, 1.165) is 12.1 Å². The quantitative estimate of drug-likeness (QED) is 0.660. The van der Waals surface area contributed by atoms with Crippen molar-refractivity contribution in [3.05, 3.63) is 52.0 Å². The Morgan fingerprint density at radius 3 is 2.72 bits per heavy atom. The molecule has 1 nitrogen and oxygen atoms in total. The normalized spacial score (nSPS) is 11.2. The van der Waals surface area contributed by atoms with Crippen LogP contribution >= 0.6 is 11.3 Å². The highest BCUT2D eigenvalue weighted by atomic mass is 32.1. The number of unbranched alkanes of at least 4 members (excludes halogenated alkanes) is 2. The number of aryl methyl sites for hydroxylation is 1. The van der Waals surface area contributed by atoms with E-state index in [0.29, 0.717) is 0 Å². The van der Waals surface area contributed by atoms with Crippen molar-refractivity contribution in [2.75, 3.05) is 0 Å². The molecule has 0 saturated heterocycles. The summed E-state index contributed by atoms with van der Waals surface area (Å²) >= 11 is 1.77. The summed E-state index contributed by atoms with van der Waals surface area (Å²) < 4.78 is 0. The molecule has 2 rings (SSSR count). The molecule has 0 fully saturated rings. The third-order valence-electron chi connectivity index (χ3n) is 2.81. The smallest absolute Gasteiger partial charge is 0.0932 e. The van der Waals surface area contributed by atoms with Gasteiger partial charge in [0.05, 0.1) is 10.7 Å². The Morgan fingerprint density at radius 1 is 1.11 bits per heavy atom. The summed E-state index contributed by atoms with van der Waals surface area (Å²) in [5, 5.41) is 3.40. The molecule has 2 heteroatoms. The van der Waals surface area contributed by atoms with Crippen LogP contribution in [0.3, 0.4) is 0 Å². The minimum atomic E-state index is 1.08. The van der Waals surface area contributed by atoms with Gasteiger partial charge in [-0.3, -0.25) is 0 Å². The lowest BCUT2D eigenvalue weighted by atomic mass is 10.2. The average molecular weight is 257 g/mol. The van der Waals surface area contributed by atoms with Crippen LogP contribution in [0.5, 0.6) is 0 Å². The second-order valence-electron chi connectivity index (χ2n) is 4.37. The summed E-state index contributed by atoms with van der Waals surface area (Å²) in [4.78, 5) is 4.63. The summed E-state index contributed by atoms with van der Waals surface area (Å²) in [7, 11) is 0. The molecule has 0 saturated carbocycles. The molecule has 0 radical (unpaired) electrons. The third kappa shape index (κ3) is 4.11. The number of benzene rings is 1. The van der Waals surface area contributed by atoms with Crippen molar-refractivity contribution >= 4 is 23.5 Å². The highest BCUT2D eigenvalue weighted by Crippen LogP contribution is 2.15. The van der Waals surface area contributed by atoms with Gasteiger partial charge < -0.3 is 0 Å². The first-order chi connectivity index (χ1) is 8.88. The highest BCUT2D eigenvalue weighted by molar-refractivity contribution is 7.09. The number of hydrogen-bond acceptors (Lipinski definition) is 2. The number of hydrogen-bond donors (Lipinski definition) is 0. The number of nitrogens with zero attached hydrogens (tertiary/aromatic N) is 1. The monoisotopic (exact) mass is 257 g/mol. The Kier molecular flexibility index (Phi) is 5.15. The molecule has 0 bridgehead atoms. The average Bonchev–Trinajstić information content (AvgIpc) is 2.86. The van der Waals surface area contributed by atoms with Crippen LogP contribution in [0.25, 0.3) is 12.2 Å². The van der Waals surface area contributed by atoms with Crippen molar-refractivity contribution in [2.24, 2.45) is 0 Å². The lowest BCUT2D eigenvalue weighted by Crippen LogP contribution is -1.84. The van der Waals surface area contributed by atoms with E-state index in [-0.39, 0.29) is 0 Å². The van der Waals surface area contributed by atoms with Crippen LogP contribution in [0, 0.1) is 0 Å². The zero-order valence-corrected chi connectivity index (χ0v) is 11.6. The first kappa shape index (κ1) is 13.0. The fourth-order valence-corrected chi connectivity index (χ4v) is 2.60. The van der Waals surface area contributed by atoms with Crippen molar-refractivity contribution < 1.29 is 0 Å². The van der Waals surface area contributed by atoms with Gasteiger partial charge in [-0.25, -0.2) is 4.98 Å². The minimum absolute atomic E-state index is 1.08. The molecule has 0 aliphatic rings. The van der Waals surface area contributed by atoms with Crippen LogP contribution in [0.2, 0.25) is 0 Å². The zero-order valence-electron chi connectivity index (χ0n) is 10.8. The molecule has 0 spiro atoms. The summed E-state index contributed by atoms with van der Waals surface area (Å²) in [6, 6.07) is 10.3. The molecule has 0 aliphatic carbocycles. The standard InChI is InChI=1S/C16H19NS/c1-2-3-5-10-16-17-15(13-18-16)12-11-14-8-6-4-7-9-14/h4,6-9,11-13H,2-3,5,10H2,1H3. The predicted molar refractivity (Wildman–Crippen MR) is 80.7 cm³/mol. The van der Waals surface area contributed by atoms with E-state index in [4.69, 9.17) is 0 Å². The Morgan fingerprint density at radius 2 is 1.94 bits per heavy atom. The SMILES string of the molecule is CCCCCc1nc(C=Cc2ccccc2)cs1. The van der Waals surface area contributed by atoms with Crippen LogP contribution in [-0.4, -0.2) is 4.98 Å². The van der Waals surface area contributed by atoms with Gasteiger partial charge in [0, 0.05) is 5.38 Å². The topological polar surface area (TPSA) is 12.9 Å². The van der Waals surface area contributed by atoms with Gasteiger partial charge in [0.1, 0.15) is 0 Å². The van der Waals surface area contributed by atoms with Crippen LogP contribution in [-0.2, 0) is 6.42 Å². The van der Waals surface area contributed by atoms with Crippen molar-refractivity contribution in [1.82, 2.24) is 4.98 Å². The summed E-state index contributed by atoms with van der Waals surface area (Å²) in [6.07, 6.45) is 9.16. The van der Waals surface area contributed by atoms with E-state index in [1.54, 1.807) is 11.3 Å². The molecule has 18 heavy (non-hydrogen) atoms. The predicted octanol–water partition coefficient (Wildman–Crippen LogP) is 5.05. The molecular formula is C16H19NS. The van der Waals surface area contributed by atoms with E-state index in [2.05, 4.69) is 53.7 Å². The summed E-state index contributed by atoms with van der Waals surface area (Å²) in [5.74, 6) is 0. The van der Waals surface area contributed by atoms with E-state index in [9.17, 15) is 0 Å². The number of aromatic nitrogens is 1. The largest absolute Gasteiger partial charge is 0.242 e. The van der Waals surface area contributed by atoms with Crippen molar-refractivity contribution in [3.8, 4) is 0 Å². The Hall–Kier alpha value is -1.41. The first-order valence-corrected chi connectivity index (χ1v) is 7.44. The van der Waals surface area contributed by atoms with Gasteiger partial charge in [-0.15, -0.1) is 11.3 Å². The molecule has 0 aliphatic heterocycles. The Balaban J connectivity index is 1.92. The molecule has 0 N–H and O–H groups in total. The van der Waals surface area contributed by atoms with Gasteiger partial charge in [-0.05, 0) is 24.5 Å². The Bertz CT molecular complexity index is 485. The fourth-order valence-electron chi connectivity index (χ4n) is 1.79. The molecule has 94 valence electrons. The highest BCUT2D eigenvalue weighted by Gasteiger charge is 1.99. The van der Waals surface area contributed by atoms with Crippen molar-refractivity contribution in [1.29, 1.82) is 0 Å². The van der Waals surface area contributed by atoms with Crippen LogP contribution < -0.4 is 0 Å². The minimum Gasteiger partial charge on any atom is -0.242 e. The Labute approximate surface area is 113 Å². The van der Waals surface area contributed by atoms with E-state index in [1.807, 2.05) is 6.07 Å². The van der Waals surface area contributed by atoms with Gasteiger partial charge in [-0.1, -0.05) is 56.2 Å². The van der Waals surface area contributed by atoms with E-state index < -0.39 is 0 Å².